The molecule has 0 saturated carbocycles. The van der Waals surface area contributed by atoms with Crippen LogP contribution in [0.2, 0.25) is 0 Å². The summed E-state index contributed by atoms with van der Waals surface area (Å²) in [5.41, 5.74) is 4.56. The van der Waals surface area contributed by atoms with Crippen molar-refractivity contribution >= 4 is 23.1 Å². The zero-order chi connectivity index (χ0) is 13.8. The first-order valence-corrected chi connectivity index (χ1v) is 7.04. The molecule has 0 saturated heterocycles. The lowest BCUT2D eigenvalue weighted by Crippen LogP contribution is -2.12. The molecule has 0 unspecified atom stereocenters. The number of nitrogens with zero attached hydrogens (tertiary/aromatic N) is 2. The Morgan fingerprint density at radius 2 is 1.79 bits per heavy atom. The van der Waals surface area contributed by atoms with Gasteiger partial charge in [0.05, 0.1) is 0 Å². The van der Waals surface area contributed by atoms with E-state index in [-0.39, 0.29) is 0 Å². The second-order valence-corrected chi connectivity index (χ2v) is 4.89. The van der Waals surface area contributed by atoms with Gasteiger partial charge in [-0.25, -0.2) is 4.98 Å². The van der Waals surface area contributed by atoms with Gasteiger partial charge in [0.1, 0.15) is 5.82 Å². The number of anilines is 2. The average molecular weight is 275 g/mol. The minimum Gasteiger partial charge on any atom is -0.329 e. The van der Waals surface area contributed by atoms with Gasteiger partial charge in [-0.05, 0) is 42.7 Å². The van der Waals surface area contributed by atoms with E-state index in [1.165, 1.54) is 5.56 Å². The third-order valence-corrected chi connectivity index (χ3v) is 3.69. The van der Waals surface area contributed by atoms with Gasteiger partial charge in [-0.3, -0.25) is 0 Å². The maximum absolute atomic E-state index is 5.86. The van der Waals surface area contributed by atoms with E-state index in [0.717, 1.165) is 29.2 Å². The summed E-state index contributed by atoms with van der Waals surface area (Å²) in [6, 6.07) is 12.6. The van der Waals surface area contributed by atoms with Crippen LogP contribution in [0.25, 0.3) is 0 Å². The van der Waals surface area contributed by atoms with Crippen molar-refractivity contribution in [1.82, 2.24) is 4.98 Å². The van der Waals surface area contributed by atoms with Crippen LogP contribution in [0.3, 0.4) is 0 Å². The quantitative estimate of drug-likeness (QED) is 0.765. The maximum atomic E-state index is 5.86. The van der Waals surface area contributed by atoms with Crippen molar-refractivity contribution in [3.8, 4) is 0 Å². The van der Waals surface area contributed by atoms with Gasteiger partial charge < -0.3 is 4.90 Å². The molecule has 3 heteroatoms. The van der Waals surface area contributed by atoms with E-state index in [4.69, 9.17) is 11.6 Å². The Bertz CT molecular complexity index is 549. The summed E-state index contributed by atoms with van der Waals surface area (Å²) >= 11 is 5.86. The first-order chi connectivity index (χ1) is 9.15. The topological polar surface area (TPSA) is 16.1 Å². The Labute approximate surface area is 120 Å². The molecular formula is C16H19ClN2. The highest BCUT2D eigenvalue weighted by atomic mass is 35.5. The summed E-state index contributed by atoms with van der Waals surface area (Å²) in [5.74, 6) is 1.45. The number of aryl methyl sites for hydroxylation is 2. The lowest BCUT2D eigenvalue weighted by molar-refractivity contribution is 1.06. The zero-order valence-corrected chi connectivity index (χ0v) is 12.4. The Kier molecular flexibility index (Phi) is 4.43. The van der Waals surface area contributed by atoms with E-state index in [9.17, 15) is 0 Å². The summed E-state index contributed by atoms with van der Waals surface area (Å²) < 4.78 is 0. The fraction of sp³-hybridized carbons (Fsp3) is 0.312. The highest BCUT2D eigenvalue weighted by Crippen LogP contribution is 2.23. The van der Waals surface area contributed by atoms with Gasteiger partial charge >= 0.3 is 0 Å². The van der Waals surface area contributed by atoms with E-state index < -0.39 is 0 Å². The number of rotatable bonds is 4. The van der Waals surface area contributed by atoms with Crippen LogP contribution in [-0.2, 0) is 12.3 Å². The molecule has 0 aliphatic rings. The van der Waals surface area contributed by atoms with Crippen LogP contribution in [0.5, 0.6) is 0 Å². The van der Waals surface area contributed by atoms with Crippen LogP contribution in [-0.4, -0.2) is 12.0 Å². The fourth-order valence-electron chi connectivity index (χ4n) is 1.99. The van der Waals surface area contributed by atoms with E-state index in [1.54, 1.807) is 0 Å². The van der Waals surface area contributed by atoms with Crippen molar-refractivity contribution in [1.29, 1.82) is 0 Å². The molecular weight excluding hydrogens is 256 g/mol. The van der Waals surface area contributed by atoms with Gasteiger partial charge in [-0.1, -0.05) is 25.1 Å². The second-order valence-electron chi connectivity index (χ2n) is 4.63. The van der Waals surface area contributed by atoms with Crippen LogP contribution in [0.15, 0.2) is 36.4 Å². The SMILES string of the molecule is CCc1ccc(N(C)c2ccc(CCl)c(C)n2)cc1. The molecule has 2 rings (SSSR count). The summed E-state index contributed by atoms with van der Waals surface area (Å²) in [6.07, 6.45) is 1.06. The van der Waals surface area contributed by atoms with Crippen molar-refractivity contribution in [2.45, 2.75) is 26.1 Å². The molecule has 0 spiro atoms. The van der Waals surface area contributed by atoms with Crippen molar-refractivity contribution in [3.63, 3.8) is 0 Å². The number of benzene rings is 1. The molecule has 0 fully saturated rings. The first kappa shape index (κ1) is 13.9. The van der Waals surface area contributed by atoms with Gasteiger partial charge in [0.15, 0.2) is 0 Å². The number of pyridine rings is 1. The van der Waals surface area contributed by atoms with Crippen LogP contribution >= 0.6 is 11.6 Å². The number of halogens is 1. The van der Waals surface area contributed by atoms with Gasteiger partial charge in [0.25, 0.3) is 0 Å². The lowest BCUT2D eigenvalue weighted by atomic mass is 10.1. The molecule has 0 N–H and O–H groups in total. The molecule has 2 nitrogen and oxygen atoms in total. The third-order valence-electron chi connectivity index (χ3n) is 3.40. The van der Waals surface area contributed by atoms with Crippen LogP contribution in [0.1, 0.15) is 23.7 Å². The Hall–Kier alpha value is -1.54. The lowest BCUT2D eigenvalue weighted by Gasteiger charge is -2.19. The van der Waals surface area contributed by atoms with E-state index >= 15 is 0 Å². The standard InChI is InChI=1S/C16H19ClN2/c1-4-13-5-8-15(9-6-13)19(3)16-10-7-14(11-17)12(2)18-16/h5-10H,4,11H2,1-3H3. The van der Waals surface area contributed by atoms with Crippen LogP contribution in [0, 0.1) is 6.92 Å². The second kappa shape index (κ2) is 6.07. The van der Waals surface area contributed by atoms with Gasteiger partial charge in [0, 0.05) is 24.3 Å². The monoisotopic (exact) mass is 274 g/mol. The van der Waals surface area contributed by atoms with Crippen molar-refractivity contribution in [2.75, 3.05) is 11.9 Å². The molecule has 1 heterocycles. The summed E-state index contributed by atoms with van der Waals surface area (Å²) in [5, 5.41) is 0. The van der Waals surface area contributed by atoms with Gasteiger partial charge in [-0.2, -0.15) is 0 Å². The predicted molar refractivity (Wildman–Crippen MR) is 82.4 cm³/mol. The number of hydrogen-bond donors (Lipinski definition) is 0. The minimum atomic E-state index is 0.508. The van der Waals surface area contributed by atoms with E-state index in [2.05, 4.69) is 41.1 Å². The molecule has 0 amide bonds. The van der Waals surface area contributed by atoms with Crippen LogP contribution in [0.4, 0.5) is 11.5 Å². The molecule has 2 aromatic rings. The summed E-state index contributed by atoms with van der Waals surface area (Å²) in [6.45, 7) is 4.16. The molecule has 0 aliphatic carbocycles. The molecule has 19 heavy (non-hydrogen) atoms. The molecule has 1 aromatic heterocycles. The van der Waals surface area contributed by atoms with Crippen molar-refractivity contribution in [2.24, 2.45) is 0 Å². The zero-order valence-electron chi connectivity index (χ0n) is 11.7. The fourth-order valence-corrected chi connectivity index (χ4v) is 2.27. The largest absolute Gasteiger partial charge is 0.329 e. The molecule has 100 valence electrons. The molecule has 0 aliphatic heterocycles. The summed E-state index contributed by atoms with van der Waals surface area (Å²) in [7, 11) is 2.03. The Morgan fingerprint density at radius 3 is 2.32 bits per heavy atom. The molecule has 1 aromatic carbocycles. The first-order valence-electron chi connectivity index (χ1n) is 6.51. The Morgan fingerprint density at radius 1 is 1.11 bits per heavy atom. The Balaban J connectivity index is 2.27. The van der Waals surface area contributed by atoms with Gasteiger partial charge in [0.2, 0.25) is 0 Å². The minimum absolute atomic E-state index is 0.508. The molecule has 0 bridgehead atoms. The molecule has 0 atom stereocenters. The van der Waals surface area contributed by atoms with Crippen molar-refractivity contribution in [3.05, 3.63) is 53.2 Å². The average Bonchev–Trinajstić information content (AvgIpc) is 2.46. The normalized spacial score (nSPS) is 10.5. The number of hydrogen-bond acceptors (Lipinski definition) is 2. The highest BCUT2D eigenvalue weighted by Gasteiger charge is 2.07. The predicted octanol–water partition coefficient (Wildman–Crippen LogP) is 4.46. The molecule has 0 radical (unpaired) electrons. The van der Waals surface area contributed by atoms with Gasteiger partial charge in [-0.15, -0.1) is 11.6 Å². The number of alkyl halides is 1. The van der Waals surface area contributed by atoms with Crippen LogP contribution < -0.4 is 4.90 Å². The smallest absolute Gasteiger partial charge is 0.132 e. The third kappa shape index (κ3) is 3.07. The number of aromatic nitrogens is 1. The van der Waals surface area contributed by atoms with Crippen molar-refractivity contribution < 1.29 is 0 Å². The highest BCUT2D eigenvalue weighted by molar-refractivity contribution is 6.17. The summed E-state index contributed by atoms with van der Waals surface area (Å²) in [4.78, 5) is 6.69. The van der Waals surface area contributed by atoms with E-state index in [1.807, 2.05) is 26.1 Å². The maximum Gasteiger partial charge on any atom is 0.132 e. The van der Waals surface area contributed by atoms with E-state index in [0.29, 0.717) is 5.88 Å².